The Balaban J connectivity index is 1.74. The maximum absolute atomic E-state index is 9.61. The molecule has 0 radical (unpaired) electrons. The molecule has 4 atom stereocenters. The second-order valence-electron chi connectivity index (χ2n) is 5.59. The van der Waals surface area contributed by atoms with Crippen LogP contribution in [-0.4, -0.2) is 61.0 Å². The molecule has 2 aliphatic heterocycles. The Morgan fingerprint density at radius 1 is 1.47 bits per heavy atom. The predicted molar refractivity (Wildman–Crippen MR) is 68.0 cm³/mol. The highest BCUT2D eigenvalue weighted by Gasteiger charge is 2.30. The van der Waals surface area contributed by atoms with Crippen LogP contribution in [0.2, 0.25) is 0 Å². The van der Waals surface area contributed by atoms with E-state index in [9.17, 15) is 5.11 Å². The quantitative estimate of drug-likeness (QED) is 0.751. The van der Waals surface area contributed by atoms with Crippen molar-refractivity contribution in [2.24, 2.45) is 5.92 Å². The molecule has 4 heteroatoms. The molecular formula is C13H26N2O2. The Bertz CT molecular complexity index is 229. The number of nitrogens with one attached hydrogen (secondary N) is 1. The minimum absolute atomic E-state index is 0.164. The van der Waals surface area contributed by atoms with Crippen LogP contribution in [-0.2, 0) is 4.74 Å². The highest BCUT2D eigenvalue weighted by Crippen LogP contribution is 2.23. The summed E-state index contributed by atoms with van der Waals surface area (Å²) < 4.78 is 5.48. The Kier molecular flexibility index (Phi) is 4.79. The van der Waals surface area contributed by atoms with Crippen LogP contribution >= 0.6 is 0 Å². The van der Waals surface area contributed by atoms with E-state index < -0.39 is 0 Å². The first-order chi connectivity index (χ1) is 8.16. The van der Waals surface area contributed by atoms with Crippen LogP contribution in [0.3, 0.4) is 0 Å². The topological polar surface area (TPSA) is 44.7 Å². The summed E-state index contributed by atoms with van der Waals surface area (Å²) in [6.45, 7) is 9.05. The molecule has 2 saturated heterocycles. The van der Waals surface area contributed by atoms with Crippen molar-refractivity contribution in [3.8, 4) is 0 Å². The molecule has 4 nitrogen and oxygen atoms in total. The lowest BCUT2D eigenvalue weighted by atomic mass is 10.0. The normalized spacial score (nSPS) is 34.8. The van der Waals surface area contributed by atoms with Gasteiger partial charge in [-0.3, -0.25) is 0 Å². The summed E-state index contributed by atoms with van der Waals surface area (Å²) in [5.41, 5.74) is 0. The molecule has 4 unspecified atom stereocenters. The number of aliphatic hydroxyl groups excluding tert-OH is 1. The predicted octanol–water partition coefficient (Wildman–Crippen LogP) is 0.456. The van der Waals surface area contributed by atoms with Crippen molar-refractivity contribution in [3.63, 3.8) is 0 Å². The maximum Gasteiger partial charge on any atom is 0.0620 e. The number of likely N-dealkylation sites (tertiary alicyclic amines) is 1. The van der Waals surface area contributed by atoms with E-state index >= 15 is 0 Å². The molecular weight excluding hydrogens is 216 g/mol. The summed E-state index contributed by atoms with van der Waals surface area (Å²) in [6.07, 6.45) is 2.12. The molecule has 0 amide bonds. The molecule has 17 heavy (non-hydrogen) atoms. The molecule has 2 N–H and O–H groups in total. The first-order valence-electron chi connectivity index (χ1n) is 6.90. The number of aliphatic hydroxyl groups is 1. The van der Waals surface area contributed by atoms with E-state index in [1.165, 1.54) is 0 Å². The van der Waals surface area contributed by atoms with Crippen LogP contribution in [0.15, 0.2) is 0 Å². The first kappa shape index (κ1) is 13.3. The van der Waals surface area contributed by atoms with Crippen molar-refractivity contribution in [3.05, 3.63) is 0 Å². The maximum atomic E-state index is 9.61. The highest BCUT2D eigenvalue weighted by atomic mass is 16.5. The molecule has 2 heterocycles. The van der Waals surface area contributed by atoms with Crippen LogP contribution in [0.1, 0.15) is 26.7 Å². The van der Waals surface area contributed by atoms with Crippen LogP contribution < -0.4 is 5.32 Å². The fraction of sp³-hybridized carbons (Fsp3) is 1.00. The van der Waals surface area contributed by atoms with Crippen molar-refractivity contribution < 1.29 is 9.84 Å². The van der Waals surface area contributed by atoms with Crippen molar-refractivity contribution >= 4 is 0 Å². The van der Waals surface area contributed by atoms with Crippen molar-refractivity contribution in [1.82, 2.24) is 10.2 Å². The van der Waals surface area contributed by atoms with E-state index in [0.717, 1.165) is 45.7 Å². The highest BCUT2D eigenvalue weighted by molar-refractivity contribution is 4.84. The zero-order valence-corrected chi connectivity index (χ0v) is 11.1. The lowest BCUT2D eigenvalue weighted by Crippen LogP contribution is -2.45. The molecule has 0 aliphatic carbocycles. The van der Waals surface area contributed by atoms with E-state index in [2.05, 4.69) is 17.1 Å². The van der Waals surface area contributed by atoms with Gasteiger partial charge in [0.15, 0.2) is 0 Å². The molecule has 0 saturated carbocycles. The Morgan fingerprint density at radius 3 is 2.88 bits per heavy atom. The van der Waals surface area contributed by atoms with E-state index in [-0.39, 0.29) is 6.10 Å². The average molecular weight is 242 g/mol. The van der Waals surface area contributed by atoms with E-state index in [0.29, 0.717) is 18.0 Å². The Labute approximate surface area is 104 Å². The monoisotopic (exact) mass is 242 g/mol. The molecule has 0 aromatic rings. The first-order valence-corrected chi connectivity index (χ1v) is 6.90. The summed E-state index contributed by atoms with van der Waals surface area (Å²) in [5, 5.41) is 13.1. The molecule has 100 valence electrons. The third-order valence-corrected chi connectivity index (χ3v) is 4.19. The molecule has 2 fully saturated rings. The zero-order chi connectivity index (χ0) is 12.3. The van der Waals surface area contributed by atoms with Gasteiger partial charge in [-0.25, -0.2) is 0 Å². The summed E-state index contributed by atoms with van der Waals surface area (Å²) in [7, 11) is 0. The smallest absolute Gasteiger partial charge is 0.0620 e. The number of ether oxygens (including phenoxy) is 1. The van der Waals surface area contributed by atoms with Crippen LogP contribution in [0.25, 0.3) is 0 Å². The number of hydrogen-bond acceptors (Lipinski definition) is 4. The fourth-order valence-corrected chi connectivity index (χ4v) is 2.94. The standard InChI is InChI=1S/C13H26N2O2/c1-10(7-13-9-17-6-4-14-13)15-5-3-12(8-15)11(2)16/h10-14,16H,3-9H2,1-2H3. The minimum Gasteiger partial charge on any atom is -0.393 e. The Morgan fingerprint density at radius 2 is 2.29 bits per heavy atom. The third kappa shape index (κ3) is 3.65. The van der Waals surface area contributed by atoms with E-state index in [1.807, 2.05) is 6.92 Å². The summed E-state index contributed by atoms with van der Waals surface area (Å²) in [5.74, 6) is 0.466. The lowest BCUT2D eigenvalue weighted by molar-refractivity contribution is 0.0625. The molecule has 0 aromatic carbocycles. The lowest BCUT2D eigenvalue weighted by Gasteiger charge is -2.31. The molecule has 0 bridgehead atoms. The largest absolute Gasteiger partial charge is 0.393 e. The van der Waals surface area contributed by atoms with Gasteiger partial charge >= 0.3 is 0 Å². The van der Waals surface area contributed by atoms with Gasteiger partial charge in [-0.2, -0.15) is 0 Å². The second-order valence-corrected chi connectivity index (χ2v) is 5.59. The van der Waals surface area contributed by atoms with Crippen molar-refractivity contribution in [2.45, 2.75) is 44.9 Å². The van der Waals surface area contributed by atoms with Gasteiger partial charge in [-0.15, -0.1) is 0 Å². The zero-order valence-electron chi connectivity index (χ0n) is 11.1. The minimum atomic E-state index is -0.164. The van der Waals surface area contributed by atoms with Crippen molar-refractivity contribution in [1.29, 1.82) is 0 Å². The van der Waals surface area contributed by atoms with E-state index in [4.69, 9.17) is 4.74 Å². The second kappa shape index (κ2) is 6.14. The van der Waals surface area contributed by atoms with Gasteiger partial charge in [-0.1, -0.05) is 0 Å². The van der Waals surface area contributed by atoms with Gasteiger partial charge in [0.05, 0.1) is 19.3 Å². The number of rotatable bonds is 4. The van der Waals surface area contributed by atoms with Gasteiger partial charge in [0.2, 0.25) is 0 Å². The number of hydrogen-bond donors (Lipinski definition) is 2. The van der Waals surface area contributed by atoms with Crippen LogP contribution in [0.5, 0.6) is 0 Å². The molecule has 0 spiro atoms. The van der Waals surface area contributed by atoms with Gasteiger partial charge in [0, 0.05) is 25.2 Å². The summed E-state index contributed by atoms with van der Waals surface area (Å²) in [6, 6.07) is 1.09. The molecule has 2 aliphatic rings. The van der Waals surface area contributed by atoms with Gasteiger partial charge < -0.3 is 20.1 Å². The Hall–Kier alpha value is -0.160. The summed E-state index contributed by atoms with van der Waals surface area (Å²) >= 11 is 0. The molecule has 0 aromatic heterocycles. The SMILES string of the molecule is CC(O)C1CCN(C(C)CC2COCCN2)C1. The van der Waals surface area contributed by atoms with Gasteiger partial charge in [0.25, 0.3) is 0 Å². The van der Waals surface area contributed by atoms with E-state index in [1.54, 1.807) is 0 Å². The van der Waals surface area contributed by atoms with Gasteiger partial charge in [0.1, 0.15) is 0 Å². The molecule has 2 rings (SSSR count). The number of morpholine rings is 1. The summed E-state index contributed by atoms with van der Waals surface area (Å²) in [4.78, 5) is 2.51. The van der Waals surface area contributed by atoms with Gasteiger partial charge in [-0.05, 0) is 39.2 Å². The van der Waals surface area contributed by atoms with Crippen LogP contribution in [0.4, 0.5) is 0 Å². The average Bonchev–Trinajstić information content (AvgIpc) is 2.79. The third-order valence-electron chi connectivity index (χ3n) is 4.19. The fourth-order valence-electron chi connectivity index (χ4n) is 2.94. The number of nitrogens with zero attached hydrogens (tertiary/aromatic N) is 1. The van der Waals surface area contributed by atoms with Crippen molar-refractivity contribution in [2.75, 3.05) is 32.8 Å². The van der Waals surface area contributed by atoms with Crippen LogP contribution in [0, 0.1) is 5.92 Å².